The van der Waals surface area contributed by atoms with E-state index in [0.717, 1.165) is 16.7 Å². The molecule has 0 atom stereocenters. The molecule has 1 N–H and O–H groups in total. The van der Waals surface area contributed by atoms with E-state index in [2.05, 4.69) is 5.32 Å². The predicted octanol–water partition coefficient (Wildman–Crippen LogP) is 7.19. The van der Waals surface area contributed by atoms with Gasteiger partial charge in [0.2, 0.25) is 0 Å². The fraction of sp³-hybridized carbons (Fsp3) is 0.0667. The highest BCUT2D eigenvalue weighted by Gasteiger charge is 2.11. The quantitative estimate of drug-likeness (QED) is 0.207. The lowest BCUT2D eigenvalue weighted by atomic mass is 10.0. The Morgan fingerprint density at radius 1 is 0.944 bits per heavy atom. The Hall–Kier alpha value is -4.40. The van der Waals surface area contributed by atoms with Gasteiger partial charge in [-0.25, -0.2) is 4.39 Å². The number of nitriles is 1. The topological polar surface area (TPSA) is 62.1 Å². The zero-order chi connectivity index (χ0) is 25.3. The zero-order valence-corrected chi connectivity index (χ0v) is 20.0. The summed E-state index contributed by atoms with van der Waals surface area (Å²) in [5.74, 6) is -0.168. The molecule has 0 aliphatic rings. The maximum Gasteiger partial charge on any atom is 0.266 e. The molecule has 4 nitrogen and oxygen atoms in total. The highest BCUT2D eigenvalue weighted by molar-refractivity contribution is 6.31. The molecular weight excluding hydrogens is 475 g/mol. The van der Waals surface area contributed by atoms with Gasteiger partial charge in [0.25, 0.3) is 5.91 Å². The molecule has 36 heavy (non-hydrogen) atoms. The minimum atomic E-state index is -0.532. The van der Waals surface area contributed by atoms with E-state index >= 15 is 0 Å². The molecule has 1 amide bonds. The summed E-state index contributed by atoms with van der Waals surface area (Å²) in [7, 11) is 0. The molecule has 0 bridgehead atoms. The molecule has 0 saturated carbocycles. The molecule has 6 heteroatoms. The lowest BCUT2D eigenvalue weighted by molar-refractivity contribution is -0.112. The Labute approximate surface area is 214 Å². The van der Waals surface area contributed by atoms with E-state index in [1.807, 2.05) is 42.5 Å². The number of benzene rings is 4. The van der Waals surface area contributed by atoms with E-state index in [-0.39, 0.29) is 11.4 Å². The highest BCUT2D eigenvalue weighted by Crippen LogP contribution is 2.23. The van der Waals surface area contributed by atoms with Gasteiger partial charge in [0.05, 0.1) is 0 Å². The first-order chi connectivity index (χ1) is 17.5. The molecule has 0 unspecified atom stereocenters. The van der Waals surface area contributed by atoms with Crippen molar-refractivity contribution in [3.8, 4) is 11.8 Å². The molecule has 0 heterocycles. The first-order valence-electron chi connectivity index (χ1n) is 11.2. The smallest absolute Gasteiger partial charge is 0.266 e. The third-order valence-electron chi connectivity index (χ3n) is 5.40. The maximum absolute atomic E-state index is 13.5. The zero-order valence-electron chi connectivity index (χ0n) is 19.2. The lowest BCUT2D eigenvalue weighted by Crippen LogP contribution is -2.13. The average molecular weight is 497 g/mol. The summed E-state index contributed by atoms with van der Waals surface area (Å²) in [4.78, 5) is 12.7. The summed E-state index contributed by atoms with van der Waals surface area (Å²) in [6.45, 7) is 0.442. The summed E-state index contributed by atoms with van der Waals surface area (Å²) >= 11 is 6.42. The van der Waals surface area contributed by atoms with Crippen molar-refractivity contribution >= 4 is 29.3 Å². The monoisotopic (exact) mass is 496 g/mol. The Morgan fingerprint density at radius 2 is 1.69 bits per heavy atom. The minimum Gasteiger partial charge on any atom is -0.489 e. The van der Waals surface area contributed by atoms with Crippen molar-refractivity contribution in [2.75, 3.05) is 5.32 Å². The number of halogens is 2. The molecule has 0 spiro atoms. The van der Waals surface area contributed by atoms with Crippen LogP contribution in [0.3, 0.4) is 0 Å². The second-order valence-electron chi connectivity index (χ2n) is 8.08. The number of hydrogen-bond donors (Lipinski definition) is 1. The van der Waals surface area contributed by atoms with Crippen LogP contribution in [0.25, 0.3) is 6.08 Å². The number of carbonyl (C=O) groups excluding carboxylic acids is 1. The summed E-state index contributed by atoms with van der Waals surface area (Å²) in [6, 6.07) is 30.3. The highest BCUT2D eigenvalue weighted by atomic mass is 35.5. The minimum absolute atomic E-state index is 0.0617. The summed E-state index contributed by atoms with van der Waals surface area (Å²) < 4.78 is 19.2. The molecule has 0 aromatic heterocycles. The van der Waals surface area contributed by atoms with Gasteiger partial charge in [-0.05, 0) is 77.2 Å². The van der Waals surface area contributed by atoms with Crippen LogP contribution in [0.5, 0.6) is 5.75 Å². The van der Waals surface area contributed by atoms with Crippen molar-refractivity contribution in [1.29, 1.82) is 5.26 Å². The number of rotatable bonds is 8. The molecule has 178 valence electrons. The summed E-state index contributed by atoms with van der Waals surface area (Å²) in [6.07, 6.45) is 1.95. The second kappa shape index (κ2) is 11.8. The van der Waals surface area contributed by atoms with Gasteiger partial charge in [0.1, 0.15) is 29.8 Å². The van der Waals surface area contributed by atoms with Crippen molar-refractivity contribution in [1.82, 2.24) is 0 Å². The van der Waals surface area contributed by atoms with Crippen molar-refractivity contribution in [3.05, 3.63) is 136 Å². The summed E-state index contributed by atoms with van der Waals surface area (Å²) in [5, 5.41) is 12.7. The first kappa shape index (κ1) is 24.7. The molecule has 0 radical (unpaired) electrons. The molecule has 4 aromatic carbocycles. The predicted molar refractivity (Wildman–Crippen MR) is 140 cm³/mol. The Balaban J connectivity index is 1.39. The molecule has 0 fully saturated rings. The van der Waals surface area contributed by atoms with Crippen LogP contribution in [-0.4, -0.2) is 5.91 Å². The van der Waals surface area contributed by atoms with Crippen molar-refractivity contribution in [3.63, 3.8) is 0 Å². The van der Waals surface area contributed by atoms with Crippen molar-refractivity contribution in [2.24, 2.45) is 0 Å². The van der Waals surface area contributed by atoms with Crippen LogP contribution < -0.4 is 10.1 Å². The van der Waals surface area contributed by atoms with Gasteiger partial charge in [-0.3, -0.25) is 4.79 Å². The number of nitrogens with zero attached hydrogens (tertiary/aromatic N) is 1. The molecule has 0 aliphatic carbocycles. The van der Waals surface area contributed by atoms with Crippen LogP contribution in [-0.2, 0) is 17.8 Å². The maximum atomic E-state index is 13.5. The van der Waals surface area contributed by atoms with Gasteiger partial charge in [0, 0.05) is 10.7 Å². The largest absolute Gasteiger partial charge is 0.489 e. The number of nitrogens with one attached hydrogen (secondary N) is 1. The van der Waals surface area contributed by atoms with Gasteiger partial charge < -0.3 is 10.1 Å². The number of anilines is 1. The van der Waals surface area contributed by atoms with Crippen LogP contribution in [0.15, 0.2) is 103 Å². The van der Waals surface area contributed by atoms with Crippen LogP contribution in [0.4, 0.5) is 10.1 Å². The van der Waals surface area contributed by atoms with Crippen LogP contribution >= 0.6 is 11.6 Å². The SMILES string of the molecule is N#C/C(=C\c1ccc(Cc2cccc(F)c2)c(Cl)c1)C(=O)Nc1ccc(OCc2ccccc2)cc1. The molecule has 0 aliphatic heterocycles. The third kappa shape index (κ3) is 6.82. The van der Waals surface area contributed by atoms with Gasteiger partial charge in [-0.15, -0.1) is 0 Å². The van der Waals surface area contributed by atoms with Crippen molar-refractivity contribution < 1.29 is 13.9 Å². The van der Waals surface area contributed by atoms with Crippen LogP contribution in [0, 0.1) is 17.1 Å². The lowest BCUT2D eigenvalue weighted by Gasteiger charge is -2.09. The van der Waals surface area contributed by atoms with E-state index in [1.165, 1.54) is 18.2 Å². The van der Waals surface area contributed by atoms with Crippen molar-refractivity contribution in [2.45, 2.75) is 13.0 Å². The number of ether oxygens (including phenoxy) is 1. The number of carbonyl (C=O) groups is 1. The van der Waals surface area contributed by atoms with E-state index in [4.69, 9.17) is 16.3 Å². The van der Waals surface area contributed by atoms with Gasteiger partial charge in [-0.2, -0.15) is 5.26 Å². The van der Waals surface area contributed by atoms with E-state index in [0.29, 0.717) is 35.1 Å². The Kier molecular flexibility index (Phi) is 8.12. The van der Waals surface area contributed by atoms with E-state index < -0.39 is 5.91 Å². The fourth-order valence-corrected chi connectivity index (χ4v) is 3.81. The molecule has 4 aromatic rings. The van der Waals surface area contributed by atoms with Gasteiger partial charge in [0.15, 0.2) is 0 Å². The first-order valence-corrected chi connectivity index (χ1v) is 11.6. The van der Waals surface area contributed by atoms with E-state index in [9.17, 15) is 14.4 Å². The normalized spacial score (nSPS) is 11.0. The number of hydrogen-bond acceptors (Lipinski definition) is 3. The Morgan fingerprint density at radius 3 is 2.39 bits per heavy atom. The molecule has 4 rings (SSSR count). The fourth-order valence-electron chi connectivity index (χ4n) is 3.55. The van der Waals surface area contributed by atoms with Gasteiger partial charge >= 0.3 is 0 Å². The molecule has 0 saturated heterocycles. The van der Waals surface area contributed by atoms with Gasteiger partial charge in [-0.1, -0.05) is 66.2 Å². The summed E-state index contributed by atoms with van der Waals surface area (Å²) in [5.41, 5.74) is 3.76. The average Bonchev–Trinajstić information content (AvgIpc) is 2.89. The number of amides is 1. The second-order valence-corrected chi connectivity index (χ2v) is 8.49. The van der Waals surface area contributed by atoms with E-state index in [1.54, 1.807) is 48.5 Å². The van der Waals surface area contributed by atoms with Crippen LogP contribution in [0.1, 0.15) is 22.3 Å². The molecular formula is C30H22ClFN2O2. The Bertz CT molecular complexity index is 1430. The third-order valence-corrected chi connectivity index (χ3v) is 5.75. The van der Waals surface area contributed by atoms with Crippen LogP contribution in [0.2, 0.25) is 5.02 Å². The standard InChI is InChI=1S/C30H22ClFN2O2/c31-29-18-23(9-10-24(29)15-22-7-4-8-26(32)17-22)16-25(19-33)30(35)34-27-11-13-28(14-12-27)36-20-21-5-2-1-3-6-21/h1-14,16-18H,15,20H2,(H,34,35)/b25-16+.